The van der Waals surface area contributed by atoms with Gasteiger partial charge >= 0.3 is 0 Å². The van der Waals surface area contributed by atoms with E-state index in [0.29, 0.717) is 0 Å². The van der Waals surface area contributed by atoms with Gasteiger partial charge in [-0.05, 0) is 207 Å². The van der Waals surface area contributed by atoms with Crippen molar-refractivity contribution in [2.75, 3.05) is 0 Å². The monoisotopic (exact) mass is 995 g/mol. The van der Waals surface area contributed by atoms with E-state index in [4.69, 9.17) is 0 Å². The lowest BCUT2D eigenvalue weighted by Gasteiger charge is -2.38. The maximum Gasteiger partial charge on any atom is 0.0322 e. The molecule has 0 N–H and O–H groups in total. The molecule has 0 bridgehead atoms. The average Bonchev–Trinajstić information content (AvgIpc) is 3.64. The number of fused-ring (bicyclic) bond motifs is 7. The molecule has 0 radical (unpaired) electrons. The molecule has 0 saturated carbocycles. The fourth-order valence-corrected chi connectivity index (χ4v) is 14.1. The van der Waals surface area contributed by atoms with Gasteiger partial charge in [-0.15, -0.1) is 5.73 Å². The Labute approximate surface area is 457 Å². The lowest BCUT2D eigenvalue weighted by atomic mass is 9.65. The third-order valence-electron chi connectivity index (χ3n) is 18.7. The first kappa shape index (κ1) is 49.8. The van der Waals surface area contributed by atoms with Crippen LogP contribution in [-0.2, 0) is 23.7 Å². The van der Waals surface area contributed by atoms with Crippen LogP contribution in [0.25, 0.3) is 71.8 Å². The topological polar surface area (TPSA) is 0 Å². The predicted octanol–water partition coefficient (Wildman–Crippen LogP) is 18.9. The van der Waals surface area contributed by atoms with Crippen LogP contribution < -0.4 is 10.4 Å². The predicted molar refractivity (Wildman–Crippen MR) is 333 cm³/mol. The number of benzene rings is 8. The van der Waals surface area contributed by atoms with Gasteiger partial charge in [-0.3, -0.25) is 0 Å². The molecule has 0 fully saturated rings. The van der Waals surface area contributed by atoms with Gasteiger partial charge in [0.1, 0.15) is 0 Å². The largest absolute Gasteiger partial charge is 0.103 e. The molecule has 0 amide bonds. The highest BCUT2D eigenvalue weighted by molar-refractivity contribution is 6.21. The van der Waals surface area contributed by atoms with E-state index in [1.807, 2.05) is 6.08 Å². The first-order valence-corrected chi connectivity index (χ1v) is 28.0. The summed E-state index contributed by atoms with van der Waals surface area (Å²) < 4.78 is 0. The van der Waals surface area contributed by atoms with Crippen LogP contribution in [0.2, 0.25) is 0 Å². The number of rotatable bonds is 10. The highest BCUT2D eigenvalue weighted by Gasteiger charge is 2.38. The van der Waals surface area contributed by atoms with Gasteiger partial charge in [0.15, 0.2) is 0 Å². The van der Waals surface area contributed by atoms with E-state index in [0.717, 1.165) is 36.5 Å². The Bertz CT molecular complexity index is 4170. The van der Waals surface area contributed by atoms with Gasteiger partial charge < -0.3 is 0 Å². The Kier molecular flexibility index (Phi) is 12.1. The molecule has 0 nitrogen and oxygen atoms in total. The summed E-state index contributed by atoms with van der Waals surface area (Å²) in [4.78, 5) is 0. The van der Waals surface area contributed by atoms with Crippen molar-refractivity contribution in [1.82, 2.24) is 0 Å². The van der Waals surface area contributed by atoms with Gasteiger partial charge in [0.25, 0.3) is 0 Å². The van der Waals surface area contributed by atoms with Crippen molar-refractivity contribution in [2.24, 2.45) is 5.41 Å². The maximum atomic E-state index is 4.36. The Morgan fingerprint density at radius 2 is 1.14 bits per heavy atom. The van der Waals surface area contributed by atoms with E-state index >= 15 is 0 Å². The molecule has 0 heteroatoms. The minimum atomic E-state index is -0.214. The molecule has 0 aliphatic heterocycles. The molecule has 0 aromatic heterocycles. The quantitative estimate of drug-likeness (QED) is 0.120. The van der Waals surface area contributed by atoms with Crippen molar-refractivity contribution in [3.63, 3.8) is 0 Å². The third-order valence-corrected chi connectivity index (χ3v) is 18.7. The van der Waals surface area contributed by atoms with Crippen molar-refractivity contribution in [1.29, 1.82) is 0 Å². The molecule has 77 heavy (non-hydrogen) atoms. The molecular formula is C77H70. The van der Waals surface area contributed by atoms with Crippen molar-refractivity contribution < 1.29 is 0 Å². The van der Waals surface area contributed by atoms with E-state index in [2.05, 4.69) is 258 Å². The van der Waals surface area contributed by atoms with E-state index in [9.17, 15) is 0 Å². The molecule has 378 valence electrons. The second-order valence-corrected chi connectivity index (χ2v) is 23.5. The first-order chi connectivity index (χ1) is 37.2. The van der Waals surface area contributed by atoms with Gasteiger partial charge in [-0.1, -0.05) is 225 Å². The number of hydrogen-bond acceptors (Lipinski definition) is 0. The smallest absolute Gasteiger partial charge is 0.0322 e. The normalized spacial score (nSPS) is 18.1. The van der Waals surface area contributed by atoms with Crippen molar-refractivity contribution in [3.05, 3.63) is 284 Å². The lowest BCUT2D eigenvalue weighted by molar-refractivity contribution is 0.438. The fourth-order valence-electron chi connectivity index (χ4n) is 14.1. The maximum absolute atomic E-state index is 4.36. The van der Waals surface area contributed by atoms with E-state index < -0.39 is 0 Å². The van der Waals surface area contributed by atoms with Crippen LogP contribution in [0.5, 0.6) is 0 Å². The number of allylic oxidation sites excluding steroid dienone is 11. The molecule has 4 aliphatic rings. The van der Waals surface area contributed by atoms with Crippen LogP contribution in [0.3, 0.4) is 0 Å². The van der Waals surface area contributed by atoms with Crippen LogP contribution in [0.4, 0.5) is 0 Å². The van der Waals surface area contributed by atoms with Crippen LogP contribution in [0, 0.1) is 5.41 Å². The number of hydrogen-bond donors (Lipinski definition) is 0. The third kappa shape index (κ3) is 7.63. The molecular weight excluding hydrogens is 925 g/mol. The zero-order valence-corrected chi connectivity index (χ0v) is 46.7. The molecule has 0 spiro atoms. The summed E-state index contributed by atoms with van der Waals surface area (Å²) in [5.41, 5.74) is 32.1. The Morgan fingerprint density at radius 3 is 1.78 bits per heavy atom. The summed E-state index contributed by atoms with van der Waals surface area (Å²) in [5, 5.41) is 7.21. The van der Waals surface area contributed by atoms with Gasteiger partial charge in [0.05, 0.1) is 0 Å². The Morgan fingerprint density at radius 1 is 0.545 bits per heavy atom. The zero-order chi connectivity index (χ0) is 53.7. The SMILES string of the molecule is C=CC1=C(C=C)C(C)(CC)c2cc(C3=c4ccc(-c5c6ccccc6c(-c6ccc7c(c6)C(C)(C)C(/C=C\CC)=C7C=C)c6ccccc56)cc4=C=C(c4ccc5c(c4)CC(C)(C)C(C)=C5C)c4ccccc43)ccc2C1. The lowest BCUT2D eigenvalue weighted by Crippen LogP contribution is -2.30. The molecule has 8 aromatic carbocycles. The fraction of sp³-hybridized carbons (Fsp3) is 0.208. The first-order valence-electron chi connectivity index (χ1n) is 28.0. The zero-order valence-electron chi connectivity index (χ0n) is 46.7. The van der Waals surface area contributed by atoms with Crippen molar-refractivity contribution >= 4 is 49.6 Å². The molecule has 4 aliphatic carbocycles. The molecule has 1 unspecified atom stereocenters. The van der Waals surface area contributed by atoms with Gasteiger partial charge in [0, 0.05) is 21.6 Å². The Hall–Kier alpha value is -8.02. The van der Waals surface area contributed by atoms with Gasteiger partial charge in [-0.2, -0.15) is 0 Å². The van der Waals surface area contributed by atoms with E-state index in [1.165, 1.54) is 144 Å². The standard InChI is InChI=1S/C77H70/c1-13-18-31-69-57(15-3)61-39-36-54(45-71(61)76(69,10)11)74-65-29-23-21-27-63(65)73(64-28-22-24-30-66(64)74)52-35-38-59-55(42-52)43-67(50-34-37-58-47(6)48(7)75(8,9)46-56(58)41-50)60-25-19-20-26-62(60)72(59)53-33-32-51-40-49(14-2)68(16-4)77(12,17-5)70(51)44-53/h14-16,18-39,41-42,44-45H,2-4,13,17,40,46H2,1,5-12H3/b31-18-. The van der Waals surface area contributed by atoms with Gasteiger partial charge in [-0.25, -0.2) is 0 Å². The summed E-state index contributed by atoms with van der Waals surface area (Å²) in [5.74, 6) is 0. The van der Waals surface area contributed by atoms with Crippen molar-refractivity contribution in [2.45, 2.75) is 98.8 Å². The minimum Gasteiger partial charge on any atom is -0.103 e. The van der Waals surface area contributed by atoms with E-state index in [-0.39, 0.29) is 16.2 Å². The molecule has 12 rings (SSSR count). The summed E-state index contributed by atoms with van der Waals surface area (Å²) in [6.45, 7) is 34.0. The van der Waals surface area contributed by atoms with E-state index in [1.54, 1.807) is 0 Å². The average molecular weight is 995 g/mol. The highest BCUT2D eigenvalue weighted by atomic mass is 14.4. The van der Waals surface area contributed by atoms with Crippen LogP contribution in [-0.4, -0.2) is 0 Å². The summed E-state index contributed by atoms with van der Waals surface area (Å²) in [7, 11) is 0. The van der Waals surface area contributed by atoms with Crippen molar-refractivity contribution in [3.8, 4) is 22.3 Å². The molecule has 1 atom stereocenters. The Balaban J connectivity index is 1.14. The summed E-state index contributed by atoms with van der Waals surface area (Å²) >= 11 is 0. The molecule has 0 heterocycles. The second-order valence-electron chi connectivity index (χ2n) is 23.5. The minimum absolute atomic E-state index is 0.0734. The molecule has 0 saturated heterocycles. The highest BCUT2D eigenvalue weighted by Crippen LogP contribution is 2.52. The van der Waals surface area contributed by atoms with Crippen LogP contribution in [0.1, 0.15) is 131 Å². The van der Waals surface area contributed by atoms with Crippen LogP contribution in [0.15, 0.2) is 218 Å². The summed E-state index contributed by atoms with van der Waals surface area (Å²) in [6, 6.07) is 56.1. The second kappa shape index (κ2) is 18.6. The van der Waals surface area contributed by atoms with Gasteiger partial charge in [0.2, 0.25) is 0 Å². The molecule has 8 aromatic rings. The van der Waals surface area contributed by atoms with Crippen LogP contribution >= 0.6 is 0 Å². The summed E-state index contributed by atoms with van der Waals surface area (Å²) in [6.07, 6.45) is 14.6.